The Morgan fingerprint density at radius 1 is 1.27 bits per heavy atom. The van der Waals surface area contributed by atoms with Crippen LogP contribution in [0.1, 0.15) is 38.2 Å². The van der Waals surface area contributed by atoms with Gasteiger partial charge in [0.2, 0.25) is 0 Å². The van der Waals surface area contributed by atoms with Crippen LogP contribution in [0.5, 0.6) is 5.75 Å². The quantitative estimate of drug-likeness (QED) is 0.330. The zero-order chi connectivity index (χ0) is 17.6. The second-order valence-corrected chi connectivity index (χ2v) is 7.75. The molecule has 1 aliphatic heterocycles. The molecule has 5 nitrogen and oxygen atoms in total. The first-order valence-electron chi connectivity index (χ1n) is 9.31. The van der Waals surface area contributed by atoms with Gasteiger partial charge in [0.15, 0.2) is 5.96 Å². The number of nitrogens with zero attached hydrogens (tertiary/aromatic N) is 2. The van der Waals surface area contributed by atoms with Crippen LogP contribution in [0.3, 0.4) is 0 Å². The van der Waals surface area contributed by atoms with Gasteiger partial charge in [-0.1, -0.05) is 15.9 Å². The summed E-state index contributed by atoms with van der Waals surface area (Å²) in [6, 6.07) is 7.43. The molecule has 1 aliphatic carbocycles. The van der Waals surface area contributed by atoms with Gasteiger partial charge < -0.3 is 20.3 Å². The highest BCUT2D eigenvalue weighted by Gasteiger charge is 2.31. The second-order valence-electron chi connectivity index (χ2n) is 6.84. The number of ether oxygens (including phenoxy) is 1. The molecule has 26 heavy (non-hydrogen) atoms. The minimum atomic E-state index is 0. The lowest BCUT2D eigenvalue weighted by atomic mass is 10.1. The summed E-state index contributed by atoms with van der Waals surface area (Å²) in [5.41, 5.74) is 1.08. The average molecular weight is 537 g/mol. The summed E-state index contributed by atoms with van der Waals surface area (Å²) in [5.74, 6) is 1.77. The van der Waals surface area contributed by atoms with Crippen molar-refractivity contribution in [3.63, 3.8) is 0 Å². The third-order valence-electron chi connectivity index (χ3n) is 4.93. The van der Waals surface area contributed by atoms with E-state index in [0.29, 0.717) is 12.6 Å². The molecule has 0 bridgehead atoms. The fraction of sp³-hybridized carbons (Fsp3) is 0.632. The highest BCUT2D eigenvalue weighted by molar-refractivity contribution is 14.0. The van der Waals surface area contributed by atoms with Crippen LogP contribution in [-0.2, 0) is 6.54 Å². The van der Waals surface area contributed by atoms with Gasteiger partial charge in [-0.05, 0) is 50.8 Å². The molecule has 1 aromatic carbocycles. The van der Waals surface area contributed by atoms with E-state index in [0.717, 1.165) is 34.3 Å². The summed E-state index contributed by atoms with van der Waals surface area (Å²) in [5, 5.41) is 6.99. The number of halogens is 2. The van der Waals surface area contributed by atoms with E-state index in [1.165, 1.54) is 38.8 Å². The largest absolute Gasteiger partial charge is 0.496 e. The summed E-state index contributed by atoms with van der Waals surface area (Å²) in [6.07, 6.45) is 5.19. The van der Waals surface area contributed by atoms with Crippen molar-refractivity contribution in [3.8, 4) is 5.75 Å². The van der Waals surface area contributed by atoms with Gasteiger partial charge in [-0.3, -0.25) is 0 Å². The summed E-state index contributed by atoms with van der Waals surface area (Å²) in [7, 11) is 1.70. The zero-order valence-corrected chi connectivity index (χ0v) is 19.5. The van der Waals surface area contributed by atoms with Crippen LogP contribution in [0, 0.1) is 0 Å². The summed E-state index contributed by atoms with van der Waals surface area (Å²) in [4.78, 5) is 7.42. The van der Waals surface area contributed by atoms with Crippen molar-refractivity contribution in [1.82, 2.24) is 15.5 Å². The van der Waals surface area contributed by atoms with Crippen molar-refractivity contribution >= 4 is 45.9 Å². The van der Waals surface area contributed by atoms with Gasteiger partial charge in [-0.25, -0.2) is 4.99 Å². The molecule has 0 unspecified atom stereocenters. The van der Waals surface area contributed by atoms with Crippen LogP contribution >= 0.6 is 39.9 Å². The number of piperidine rings is 1. The zero-order valence-electron chi connectivity index (χ0n) is 15.6. The van der Waals surface area contributed by atoms with Gasteiger partial charge in [0.1, 0.15) is 5.75 Å². The average Bonchev–Trinajstić information content (AvgIpc) is 3.46. The van der Waals surface area contributed by atoms with Crippen molar-refractivity contribution in [3.05, 3.63) is 28.2 Å². The SMILES string of the molecule is CCNC(=NCc1cc(Br)ccc1OC)NC1CCN(C2CC2)CC1.I. The molecule has 1 heterocycles. The normalized spacial score (nSPS) is 19.0. The van der Waals surface area contributed by atoms with E-state index in [1.807, 2.05) is 12.1 Å². The Labute approximate surface area is 182 Å². The topological polar surface area (TPSA) is 48.9 Å². The minimum Gasteiger partial charge on any atom is -0.496 e. The molecule has 1 aromatic rings. The molecule has 0 amide bonds. The number of rotatable bonds is 6. The maximum absolute atomic E-state index is 5.45. The standard InChI is InChI=1S/C19H29BrN4O.HI/c1-3-21-19(22-13-14-12-15(20)4-7-18(14)25-2)23-16-8-10-24(11-9-16)17-5-6-17;/h4,7,12,16-17H,3,5-6,8-11,13H2,1-2H3,(H2,21,22,23);1H. The molecule has 3 rings (SSSR count). The Bertz CT molecular complexity index is 601. The molecule has 0 radical (unpaired) electrons. The van der Waals surface area contributed by atoms with E-state index < -0.39 is 0 Å². The number of likely N-dealkylation sites (tertiary alicyclic amines) is 1. The first kappa shape index (κ1) is 21.8. The molecule has 1 saturated heterocycles. The number of guanidine groups is 1. The van der Waals surface area contributed by atoms with E-state index in [9.17, 15) is 0 Å². The Hall–Kier alpha value is -0.540. The summed E-state index contributed by atoms with van der Waals surface area (Å²) >= 11 is 3.53. The summed E-state index contributed by atoms with van der Waals surface area (Å²) in [6.45, 7) is 5.98. The van der Waals surface area contributed by atoms with Crippen molar-refractivity contribution in [1.29, 1.82) is 0 Å². The molecule has 2 fully saturated rings. The number of hydrogen-bond donors (Lipinski definition) is 2. The number of nitrogens with one attached hydrogen (secondary N) is 2. The molecule has 146 valence electrons. The number of aliphatic imine (C=N–C) groups is 1. The van der Waals surface area contributed by atoms with Gasteiger partial charge >= 0.3 is 0 Å². The van der Waals surface area contributed by atoms with Gasteiger partial charge in [0.05, 0.1) is 13.7 Å². The Kier molecular flexibility index (Phi) is 8.96. The predicted molar refractivity (Wildman–Crippen MR) is 122 cm³/mol. The minimum absolute atomic E-state index is 0. The number of methoxy groups -OCH3 is 1. The molecular formula is C19H30BrIN4O. The highest BCUT2D eigenvalue weighted by atomic mass is 127. The third kappa shape index (κ3) is 6.27. The molecule has 7 heteroatoms. The molecule has 2 N–H and O–H groups in total. The number of hydrogen-bond acceptors (Lipinski definition) is 3. The third-order valence-corrected chi connectivity index (χ3v) is 5.42. The van der Waals surface area contributed by atoms with Crippen molar-refractivity contribution < 1.29 is 4.74 Å². The van der Waals surface area contributed by atoms with Crippen LogP contribution < -0.4 is 15.4 Å². The van der Waals surface area contributed by atoms with E-state index in [2.05, 4.69) is 44.5 Å². The van der Waals surface area contributed by atoms with Crippen LogP contribution in [-0.4, -0.2) is 49.7 Å². The van der Waals surface area contributed by atoms with Crippen molar-refractivity contribution in [2.75, 3.05) is 26.7 Å². The lowest BCUT2D eigenvalue weighted by Crippen LogP contribution is -2.49. The second kappa shape index (κ2) is 10.7. The van der Waals surface area contributed by atoms with Crippen LogP contribution in [0.2, 0.25) is 0 Å². The first-order valence-corrected chi connectivity index (χ1v) is 10.1. The molecule has 2 aliphatic rings. The summed E-state index contributed by atoms with van der Waals surface area (Å²) < 4.78 is 6.49. The molecular weight excluding hydrogens is 507 g/mol. The van der Waals surface area contributed by atoms with Gasteiger partial charge in [0.25, 0.3) is 0 Å². The van der Waals surface area contributed by atoms with E-state index in [1.54, 1.807) is 7.11 Å². The Morgan fingerprint density at radius 3 is 2.62 bits per heavy atom. The van der Waals surface area contributed by atoms with E-state index in [4.69, 9.17) is 9.73 Å². The molecule has 0 aromatic heterocycles. The van der Waals surface area contributed by atoms with Crippen LogP contribution in [0.4, 0.5) is 0 Å². The van der Waals surface area contributed by atoms with E-state index in [-0.39, 0.29) is 24.0 Å². The lowest BCUT2D eigenvalue weighted by molar-refractivity contribution is 0.197. The maximum Gasteiger partial charge on any atom is 0.191 e. The maximum atomic E-state index is 5.45. The molecule has 0 atom stereocenters. The van der Waals surface area contributed by atoms with E-state index >= 15 is 0 Å². The predicted octanol–water partition coefficient (Wildman–Crippen LogP) is 3.76. The Balaban J connectivity index is 0.00000243. The molecule has 1 saturated carbocycles. The lowest BCUT2D eigenvalue weighted by Gasteiger charge is -2.33. The number of benzene rings is 1. The monoisotopic (exact) mass is 536 g/mol. The first-order chi connectivity index (χ1) is 12.2. The Morgan fingerprint density at radius 2 is 2.00 bits per heavy atom. The van der Waals surface area contributed by atoms with Gasteiger partial charge in [-0.2, -0.15) is 0 Å². The van der Waals surface area contributed by atoms with Crippen LogP contribution in [0.25, 0.3) is 0 Å². The van der Waals surface area contributed by atoms with Crippen molar-refractivity contribution in [2.45, 2.75) is 51.2 Å². The van der Waals surface area contributed by atoms with Gasteiger partial charge in [-0.15, -0.1) is 24.0 Å². The highest BCUT2D eigenvalue weighted by Crippen LogP contribution is 2.29. The van der Waals surface area contributed by atoms with Crippen molar-refractivity contribution in [2.24, 2.45) is 4.99 Å². The van der Waals surface area contributed by atoms with Gasteiger partial charge in [0, 0.05) is 41.8 Å². The smallest absolute Gasteiger partial charge is 0.191 e. The fourth-order valence-corrected chi connectivity index (χ4v) is 3.81. The van der Waals surface area contributed by atoms with Crippen LogP contribution in [0.15, 0.2) is 27.7 Å². The fourth-order valence-electron chi connectivity index (χ4n) is 3.40. The molecule has 0 spiro atoms.